The summed E-state index contributed by atoms with van der Waals surface area (Å²) in [5.41, 5.74) is 3.41. The lowest BCUT2D eigenvalue weighted by molar-refractivity contribution is 0.304. The fourth-order valence-electron chi connectivity index (χ4n) is 2.82. The van der Waals surface area contributed by atoms with Crippen LogP contribution < -0.4 is 15.4 Å². The Labute approximate surface area is 158 Å². The highest BCUT2D eigenvalue weighted by Crippen LogP contribution is 2.17. The molecule has 1 unspecified atom stereocenters. The molecule has 8 heteroatoms. The number of aliphatic imine (C=N–C) groups is 1. The summed E-state index contributed by atoms with van der Waals surface area (Å²) in [5, 5.41) is 10.9. The number of rotatable bonds is 7. The summed E-state index contributed by atoms with van der Waals surface area (Å²) in [5.74, 6) is -0.689. The summed E-state index contributed by atoms with van der Waals surface area (Å²) in [7, 11) is 3.62. The lowest BCUT2D eigenvalue weighted by Crippen LogP contribution is -2.44. The van der Waals surface area contributed by atoms with Gasteiger partial charge in [0.25, 0.3) is 0 Å². The van der Waals surface area contributed by atoms with Gasteiger partial charge in [-0.05, 0) is 44.9 Å². The van der Waals surface area contributed by atoms with Crippen molar-refractivity contribution < 1.29 is 13.5 Å². The Morgan fingerprint density at radius 1 is 1.33 bits per heavy atom. The molecule has 1 atom stereocenters. The van der Waals surface area contributed by atoms with Crippen LogP contribution >= 0.6 is 0 Å². The summed E-state index contributed by atoms with van der Waals surface area (Å²) in [4.78, 5) is 4.19. The maximum Gasteiger partial charge on any atom is 0.191 e. The highest BCUT2D eigenvalue weighted by Gasteiger charge is 2.14. The standard InChI is InChI=1S/C19H27F2N5O/c1-12(10-16-13(2)25-26(5)14(16)3)24-19(22-4)23-8-9-27-18-7-6-15(20)11-17(18)21/h6-7,11-12H,8-10H2,1-5H3,(H2,22,23,24). The van der Waals surface area contributed by atoms with Crippen LogP contribution in [0.3, 0.4) is 0 Å². The van der Waals surface area contributed by atoms with Crippen molar-refractivity contribution in [2.24, 2.45) is 12.0 Å². The van der Waals surface area contributed by atoms with Crippen molar-refractivity contribution >= 4 is 5.96 Å². The predicted octanol–water partition coefficient (Wildman–Crippen LogP) is 2.49. The number of nitrogens with zero attached hydrogens (tertiary/aromatic N) is 3. The molecule has 0 radical (unpaired) electrons. The molecule has 148 valence electrons. The van der Waals surface area contributed by atoms with E-state index in [0.29, 0.717) is 12.5 Å². The molecular formula is C19H27F2N5O. The summed E-state index contributed by atoms with van der Waals surface area (Å²) < 4.78 is 33.6. The first-order valence-corrected chi connectivity index (χ1v) is 8.86. The number of halogens is 2. The van der Waals surface area contributed by atoms with Gasteiger partial charge in [0.2, 0.25) is 0 Å². The predicted molar refractivity (Wildman–Crippen MR) is 102 cm³/mol. The van der Waals surface area contributed by atoms with E-state index in [1.807, 2.05) is 18.7 Å². The Bertz CT molecular complexity index is 804. The molecule has 27 heavy (non-hydrogen) atoms. The normalized spacial score (nSPS) is 12.8. The number of hydrogen-bond donors (Lipinski definition) is 2. The lowest BCUT2D eigenvalue weighted by Gasteiger charge is -2.18. The maximum atomic E-state index is 13.5. The first-order chi connectivity index (χ1) is 12.8. The van der Waals surface area contributed by atoms with Crippen molar-refractivity contribution in [1.29, 1.82) is 0 Å². The van der Waals surface area contributed by atoms with Gasteiger partial charge >= 0.3 is 0 Å². The zero-order valence-electron chi connectivity index (χ0n) is 16.4. The van der Waals surface area contributed by atoms with Crippen molar-refractivity contribution in [1.82, 2.24) is 20.4 Å². The Morgan fingerprint density at radius 3 is 2.67 bits per heavy atom. The molecular weight excluding hydrogens is 352 g/mol. The molecule has 2 rings (SSSR count). The maximum absolute atomic E-state index is 13.5. The highest BCUT2D eigenvalue weighted by molar-refractivity contribution is 5.79. The molecule has 0 aliphatic heterocycles. The number of nitrogens with one attached hydrogen (secondary N) is 2. The third-order valence-electron chi connectivity index (χ3n) is 4.32. The number of ether oxygens (including phenoxy) is 1. The van der Waals surface area contributed by atoms with Crippen LogP contribution in [-0.4, -0.2) is 42.0 Å². The van der Waals surface area contributed by atoms with Gasteiger partial charge in [0.15, 0.2) is 17.5 Å². The minimum Gasteiger partial charge on any atom is -0.489 e. The first-order valence-electron chi connectivity index (χ1n) is 8.86. The second-order valence-corrected chi connectivity index (χ2v) is 6.44. The average molecular weight is 379 g/mol. The third kappa shape index (κ3) is 5.67. The third-order valence-corrected chi connectivity index (χ3v) is 4.32. The molecule has 0 fully saturated rings. The van der Waals surface area contributed by atoms with Crippen LogP contribution in [0.5, 0.6) is 5.75 Å². The van der Waals surface area contributed by atoms with E-state index in [4.69, 9.17) is 4.74 Å². The van der Waals surface area contributed by atoms with Crippen LogP contribution in [0.1, 0.15) is 23.9 Å². The molecule has 0 spiro atoms. The van der Waals surface area contributed by atoms with Gasteiger partial charge in [-0.1, -0.05) is 0 Å². The van der Waals surface area contributed by atoms with Crippen LogP contribution in [0.15, 0.2) is 23.2 Å². The molecule has 2 N–H and O–H groups in total. The molecule has 1 aromatic heterocycles. The van der Waals surface area contributed by atoms with Crippen LogP contribution in [0.25, 0.3) is 0 Å². The first kappa shape index (κ1) is 20.7. The quantitative estimate of drug-likeness (QED) is 0.441. The molecule has 1 aromatic carbocycles. The number of benzene rings is 1. The van der Waals surface area contributed by atoms with Crippen molar-refractivity contribution in [3.8, 4) is 5.75 Å². The molecule has 0 saturated carbocycles. The number of hydrogen-bond acceptors (Lipinski definition) is 3. The monoisotopic (exact) mass is 379 g/mol. The Morgan fingerprint density at radius 2 is 2.07 bits per heavy atom. The van der Waals surface area contributed by atoms with Crippen LogP contribution in [0, 0.1) is 25.5 Å². The van der Waals surface area contributed by atoms with E-state index in [0.717, 1.165) is 29.9 Å². The van der Waals surface area contributed by atoms with Gasteiger partial charge < -0.3 is 15.4 Å². The second-order valence-electron chi connectivity index (χ2n) is 6.44. The number of aromatic nitrogens is 2. The molecule has 6 nitrogen and oxygen atoms in total. The van der Waals surface area contributed by atoms with Crippen molar-refractivity contribution in [2.75, 3.05) is 20.2 Å². The van der Waals surface area contributed by atoms with E-state index in [1.54, 1.807) is 7.05 Å². The van der Waals surface area contributed by atoms with E-state index < -0.39 is 11.6 Å². The fourth-order valence-corrected chi connectivity index (χ4v) is 2.82. The topological polar surface area (TPSA) is 63.5 Å². The Balaban J connectivity index is 1.79. The van der Waals surface area contributed by atoms with E-state index >= 15 is 0 Å². The molecule has 0 bridgehead atoms. The SMILES string of the molecule is CN=C(NCCOc1ccc(F)cc1F)NC(C)Cc1c(C)nn(C)c1C. The summed E-state index contributed by atoms with van der Waals surface area (Å²) in [6.45, 7) is 6.78. The van der Waals surface area contributed by atoms with E-state index in [1.165, 1.54) is 11.6 Å². The van der Waals surface area contributed by atoms with Gasteiger partial charge in [0.1, 0.15) is 12.4 Å². The van der Waals surface area contributed by atoms with Crippen molar-refractivity contribution in [3.05, 3.63) is 46.8 Å². The summed E-state index contributed by atoms with van der Waals surface area (Å²) in [6.07, 6.45) is 0.823. The highest BCUT2D eigenvalue weighted by atomic mass is 19.1. The zero-order chi connectivity index (χ0) is 20.0. The smallest absolute Gasteiger partial charge is 0.191 e. The van der Waals surface area contributed by atoms with E-state index in [2.05, 4.69) is 34.6 Å². The molecule has 0 amide bonds. The average Bonchev–Trinajstić information content (AvgIpc) is 2.85. The van der Waals surface area contributed by atoms with Gasteiger partial charge in [0, 0.05) is 31.9 Å². The Hall–Kier alpha value is -2.64. The summed E-state index contributed by atoms with van der Waals surface area (Å²) in [6, 6.07) is 3.38. The lowest BCUT2D eigenvalue weighted by atomic mass is 10.1. The largest absolute Gasteiger partial charge is 0.489 e. The minimum atomic E-state index is -0.715. The van der Waals surface area contributed by atoms with E-state index in [-0.39, 0.29) is 18.4 Å². The van der Waals surface area contributed by atoms with Gasteiger partial charge in [-0.15, -0.1) is 0 Å². The number of aryl methyl sites for hydroxylation is 2. The number of guanidine groups is 1. The van der Waals surface area contributed by atoms with Crippen LogP contribution in [-0.2, 0) is 13.5 Å². The van der Waals surface area contributed by atoms with Crippen LogP contribution in [0.2, 0.25) is 0 Å². The van der Waals surface area contributed by atoms with Crippen molar-refractivity contribution in [3.63, 3.8) is 0 Å². The Kier molecular flexibility index (Phi) is 7.15. The molecule has 0 aliphatic rings. The molecule has 0 aliphatic carbocycles. The van der Waals surface area contributed by atoms with E-state index in [9.17, 15) is 8.78 Å². The van der Waals surface area contributed by atoms with Gasteiger partial charge in [-0.25, -0.2) is 8.78 Å². The summed E-state index contributed by atoms with van der Waals surface area (Å²) >= 11 is 0. The van der Waals surface area contributed by atoms with Crippen molar-refractivity contribution in [2.45, 2.75) is 33.2 Å². The van der Waals surface area contributed by atoms with Gasteiger partial charge in [-0.3, -0.25) is 9.67 Å². The fraction of sp³-hybridized carbons (Fsp3) is 0.474. The van der Waals surface area contributed by atoms with Gasteiger partial charge in [-0.2, -0.15) is 5.10 Å². The minimum absolute atomic E-state index is 0.0250. The van der Waals surface area contributed by atoms with Crippen LogP contribution in [0.4, 0.5) is 8.78 Å². The molecule has 2 aromatic rings. The van der Waals surface area contributed by atoms with Gasteiger partial charge in [0.05, 0.1) is 12.2 Å². The molecule has 1 heterocycles. The second kappa shape index (κ2) is 9.34. The zero-order valence-corrected chi connectivity index (χ0v) is 16.4. The molecule has 0 saturated heterocycles.